The monoisotopic (exact) mass is 244 g/mol. The Morgan fingerprint density at radius 3 is 3.00 bits per heavy atom. The number of hydrogen-bond donors (Lipinski definition) is 2. The molecule has 3 heteroatoms. The number of nitrogens with two attached hydrogens (primary N) is 1. The minimum atomic E-state index is -0.180. The van der Waals surface area contributed by atoms with Crippen molar-refractivity contribution >= 4 is 0 Å². The molecule has 3 N–H and O–H groups in total. The van der Waals surface area contributed by atoms with Crippen molar-refractivity contribution in [3.63, 3.8) is 0 Å². The summed E-state index contributed by atoms with van der Waals surface area (Å²) in [6.07, 6.45) is 1.81. The molecule has 0 amide bonds. The van der Waals surface area contributed by atoms with Gasteiger partial charge in [-0.25, -0.2) is 0 Å². The Hall–Kier alpha value is -1.34. The zero-order valence-corrected chi connectivity index (χ0v) is 10.6. The Balaban J connectivity index is 2.08. The van der Waals surface area contributed by atoms with Crippen LogP contribution in [-0.2, 0) is 6.54 Å². The zero-order valence-electron chi connectivity index (χ0n) is 10.6. The summed E-state index contributed by atoms with van der Waals surface area (Å²) in [6, 6.07) is 8.15. The van der Waals surface area contributed by atoms with Gasteiger partial charge in [0.25, 0.3) is 0 Å². The molecule has 1 atom stereocenters. The van der Waals surface area contributed by atoms with E-state index in [0.29, 0.717) is 6.54 Å². The van der Waals surface area contributed by atoms with Crippen molar-refractivity contribution in [2.75, 3.05) is 19.6 Å². The number of likely N-dealkylation sites (tertiary alicyclic amines) is 1. The van der Waals surface area contributed by atoms with Gasteiger partial charge in [-0.1, -0.05) is 30.0 Å². The van der Waals surface area contributed by atoms with Crippen molar-refractivity contribution in [1.29, 1.82) is 0 Å². The zero-order chi connectivity index (χ0) is 12.8. The molecule has 2 rings (SSSR count). The van der Waals surface area contributed by atoms with Crippen LogP contribution in [0.1, 0.15) is 24.0 Å². The van der Waals surface area contributed by atoms with E-state index >= 15 is 0 Å². The fraction of sp³-hybridized carbons (Fsp3) is 0.467. The second-order valence-corrected chi connectivity index (χ2v) is 4.69. The summed E-state index contributed by atoms with van der Waals surface area (Å²) < 4.78 is 0. The minimum Gasteiger partial charge on any atom is -0.392 e. The van der Waals surface area contributed by atoms with Crippen LogP contribution >= 0.6 is 0 Å². The molecule has 1 unspecified atom stereocenters. The van der Waals surface area contributed by atoms with Gasteiger partial charge in [0.1, 0.15) is 0 Å². The van der Waals surface area contributed by atoms with Gasteiger partial charge in [0.2, 0.25) is 0 Å². The van der Waals surface area contributed by atoms with E-state index in [2.05, 4.69) is 22.8 Å². The molecule has 0 aromatic heterocycles. The van der Waals surface area contributed by atoms with E-state index in [-0.39, 0.29) is 6.10 Å². The number of benzene rings is 1. The maximum atomic E-state index is 9.68. The molecule has 0 bridgehead atoms. The molecule has 0 aliphatic carbocycles. The number of piperidine rings is 1. The Morgan fingerprint density at radius 1 is 1.39 bits per heavy atom. The molecule has 0 radical (unpaired) electrons. The molecule has 1 fully saturated rings. The molecule has 18 heavy (non-hydrogen) atoms. The lowest BCUT2D eigenvalue weighted by Gasteiger charge is -2.30. The second kappa shape index (κ2) is 6.55. The fourth-order valence-corrected chi connectivity index (χ4v) is 2.34. The minimum absolute atomic E-state index is 0.180. The van der Waals surface area contributed by atoms with E-state index in [0.717, 1.165) is 38.0 Å². The van der Waals surface area contributed by atoms with E-state index in [9.17, 15) is 5.11 Å². The van der Waals surface area contributed by atoms with Crippen molar-refractivity contribution < 1.29 is 5.11 Å². The highest BCUT2D eigenvalue weighted by molar-refractivity contribution is 5.41. The van der Waals surface area contributed by atoms with Crippen LogP contribution in [0.15, 0.2) is 24.3 Å². The predicted molar refractivity (Wildman–Crippen MR) is 72.9 cm³/mol. The molecule has 0 spiro atoms. The molecule has 3 nitrogen and oxygen atoms in total. The first-order valence-corrected chi connectivity index (χ1v) is 6.47. The molecule has 1 aliphatic heterocycles. The molecular weight excluding hydrogens is 224 g/mol. The van der Waals surface area contributed by atoms with E-state index in [1.54, 1.807) is 0 Å². The Labute approximate surface area is 109 Å². The number of aliphatic hydroxyl groups excluding tert-OH is 1. The fourth-order valence-electron chi connectivity index (χ4n) is 2.34. The van der Waals surface area contributed by atoms with Crippen LogP contribution in [0, 0.1) is 11.8 Å². The maximum absolute atomic E-state index is 9.68. The van der Waals surface area contributed by atoms with Crippen molar-refractivity contribution in [3.8, 4) is 11.8 Å². The summed E-state index contributed by atoms with van der Waals surface area (Å²) >= 11 is 0. The van der Waals surface area contributed by atoms with Crippen LogP contribution in [0.2, 0.25) is 0 Å². The van der Waals surface area contributed by atoms with Crippen LogP contribution in [0.4, 0.5) is 0 Å². The average molecular weight is 244 g/mol. The van der Waals surface area contributed by atoms with E-state index in [1.807, 2.05) is 18.2 Å². The van der Waals surface area contributed by atoms with Gasteiger partial charge in [-0.05, 0) is 31.0 Å². The lowest BCUT2D eigenvalue weighted by molar-refractivity contribution is 0.0668. The first-order valence-electron chi connectivity index (χ1n) is 6.47. The van der Waals surface area contributed by atoms with Crippen LogP contribution < -0.4 is 5.73 Å². The van der Waals surface area contributed by atoms with Crippen LogP contribution in [0.3, 0.4) is 0 Å². The number of hydrogen-bond acceptors (Lipinski definition) is 3. The average Bonchev–Trinajstić information content (AvgIpc) is 2.38. The predicted octanol–water partition coefficient (Wildman–Crippen LogP) is 0.953. The summed E-state index contributed by atoms with van der Waals surface area (Å²) in [4.78, 5) is 2.29. The van der Waals surface area contributed by atoms with Gasteiger partial charge < -0.3 is 10.8 Å². The third kappa shape index (κ3) is 3.58. The number of rotatable bonds is 2. The highest BCUT2D eigenvalue weighted by Crippen LogP contribution is 2.15. The van der Waals surface area contributed by atoms with Crippen molar-refractivity contribution in [1.82, 2.24) is 4.90 Å². The van der Waals surface area contributed by atoms with Crippen LogP contribution in [0.5, 0.6) is 0 Å². The van der Waals surface area contributed by atoms with Crippen molar-refractivity contribution in [2.45, 2.75) is 25.5 Å². The summed E-state index contributed by atoms with van der Waals surface area (Å²) in [5.74, 6) is 6.01. The van der Waals surface area contributed by atoms with Gasteiger partial charge in [0.05, 0.1) is 12.6 Å². The Morgan fingerprint density at radius 2 is 2.22 bits per heavy atom. The highest BCUT2D eigenvalue weighted by atomic mass is 16.3. The van der Waals surface area contributed by atoms with Gasteiger partial charge in [-0.3, -0.25) is 4.90 Å². The number of nitrogens with zero attached hydrogens (tertiary/aromatic N) is 1. The van der Waals surface area contributed by atoms with Gasteiger partial charge >= 0.3 is 0 Å². The first kappa shape index (κ1) is 13.1. The van der Waals surface area contributed by atoms with Crippen LogP contribution in [-0.4, -0.2) is 35.7 Å². The first-order chi connectivity index (χ1) is 8.79. The maximum Gasteiger partial charge on any atom is 0.0667 e. The van der Waals surface area contributed by atoms with Crippen molar-refractivity contribution in [3.05, 3.63) is 35.4 Å². The van der Waals surface area contributed by atoms with E-state index < -0.39 is 0 Å². The standard InChI is InChI=1S/C15H20N2O/c16-9-3-7-13-5-1-2-6-14(13)11-17-10-4-8-15(18)12-17/h1-2,5-6,15,18H,4,8-12,16H2. The highest BCUT2D eigenvalue weighted by Gasteiger charge is 2.18. The summed E-state index contributed by atoms with van der Waals surface area (Å²) in [5.41, 5.74) is 7.67. The third-order valence-electron chi connectivity index (χ3n) is 3.22. The molecule has 96 valence electrons. The second-order valence-electron chi connectivity index (χ2n) is 4.69. The molecule has 0 saturated carbocycles. The third-order valence-corrected chi connectivity index (χ3v) is 3.22. The largest absolute Gasteiger partial charge is 0.392 e. The van der Waals surface area contributed by atoms with E-state index in [4.69, 9.17) is 5.73 Å². The van der Waals surface area contributed by atoms with Gasteiger partial charge in [0.15, 0.2) is 0 Å². The van der Waals surface area contributed by atoms with E-state index in [1.165, 1.54) is 5.56 Å². The molecule has 1 heterocycles. The molecule has 1 aromatic carbocycles. The number of aliphatic hydroxyl groups is 1. The summed E-state index contributed by atoms with van der Waals surface area (Å²) in [5, 5.41) is 9.68. The lowest BCUT2D eigenvalue weighted by Crippen LogP contribution is -2.37. The summed E-state index contributed by atoms with van der Waals surface area (Å²) in [7, 11) is 0. The molecule has 1 saturated heterocycles. The quantitative estimate of drug-likeness (QED) is 0.762. The molecule has 1 aromatic rings. The van der Waals surface area contributed by atoms with Crippen LogP contribution in [0.25, 0.3) is 0 Å². The molecule has 1 aliphatic rings. The van der Waals surface area contributed by atoms with Gasteiger partial charge in [-0.15, -0.1) is 0 Å². The number of β-amino-alcohol motifs (C(OH)–C–C–N with tert-alkyl or cyclic N) is 1. The summed E-state index contributed by atoms with van der Waals surface area (Å²) in [6.45, 7) is 3.05. The van der Waals surface area contributed by atoms with Crippen molar-refractivity contribution in [2.24, 2.45) is 5.73 Å². The normalized spacial score (nSPS) is 20.2. The van der Waals surface area contributed by atoms with Gasteiger partial charge in [0, 0.05) is 18.7 Å². The molecular formula is C15H20N2O. The lowest BCUT2D eigenvalue weighted by atomic mass is 10.0. The Bertz CT molecular complexity index is 447. The smallest absolute Gasteiger partial charge is 0.0667 e. The Kier molecular flexibility index (Phi) is 4.77. The SMILES string of the molecule is NCC#Cc1ccccc1CN1CCCC(O)C1. The van der Waals surface area contributed by atoms with Gasteiger partial charge in [-0.2, -0.15) is 0 Å². The topological polar surface area (TPSA) is 49.5 Å².